The lowest BCUT2D eigenvalue weighted by molar-refractivity contribution is -0.138. The predicted octanol–water partition coefficient (Wildman–Crippen LogP) is 3.86. The fourth-order valence-electron chi connectivity index (χ4n) is 1.75. The van der Waals surface area contributed by atoms with Crippen LogP contribution in [0.25, 0.3) is 0 Å². The number of rotatable bonds is 4. The Hall–Kier alpha value is -2.14. The summed E-state index contributed by atoms with van der Waals surface area (Å²) < 4.78 is 26.9. The van der Waals surface area contributed by atoms with Crippen molar-refractivity contribution in [2.45, 2.75) is 6.04 Å². The fraction of sp³-hybridized carbons (Fsp3) is 0.0714. The van der Waals surface area contributed by atoms with Gasteiger partial charge in [-0.3, -0.25) is 0 Å². The zero-order valence-electron chi connectivity index (χ0n) is 10.1. The first kappa shape index (κ1) is 14.3. The van der Waals surface area contributed by atoms with E-state index in [1.165, 1.54) is 30.3 Å². The number of hydrogen-bond acceptors (Lipinski definition) is 2. The van der Waals surface area contributed by atoms with Gasteiger partial charge in [-0.1, -0.05) is 23.7 Å². The van der Waals surface area contributed by atoms with Crippen molar-refractivity contribution >= 4 is 23.3 Å². The zero-order valence-corrected chi connectivity index (χ0v) is 10.9. The molecule has 0 saturated heterocycles. The minimum Gasteiger partial charge on any atom is -0.479 e. The predicted molar refractivity (Wildman–Crippen MR) is 71.8 cm³/mol. The summed E-state index contributed by atoms with van der Waals surface area (Å²) in [6.45, 7) is 0. The number of halogens is 3. The van der Waals surface area contributed by atoms with E-state index in [4.69, 9.17) is 11.6 Å². The van der Waals surface area contributed by atoms with Gasteiger partial charge in [-0.15, -0.1) is 0 Å². The van der Waals surface area contributed by atoms with Crippen LogP contribution < -0.4 is 5.32 Å². The van der Waals surface area contributed by atoms with E-state index in [-0.39, 0.29) is 16.3 Å². The third-order valence-corrected chi connectivity index (χ3v) is 2.89. The molecule has 0 aliphatic carbocycles. The molecular formula is C14H10ClF2NO2. The standard InChI is InChI=1S/C14H10ClF2NO2/c15-8-4-5-11(12(17)6-8)13(14(19)20)18-10-3-1-2-9(16)7-10/h1-7,13,18H,(H,19,20). The van der Waals surface area contributed by atoms with Crippen LogP contribution in [0.4, 0.5) is 14.5 Å². The van der Waals surface area contributed by atoms with Crippen molar-refractivity contribution in [1.29, 1.82) is 0 Å². The molecule has 0 aliphatic rings. The molecule has 2 aromatic carbocycles. The second kappa shape index (κ2) is 5.88. The summed E-state index contributed by atoms with van der Waals surface area (Å²) in [7, 11) is 0. The minimum absolute atomic E-state index is 0.0776. The Morgan fingerprint density at radius 2 is 1.95 bits per heavy atom. The molecule has 0 radical (unpaired) electrons. The molecule has 20 heavy (non-hydrogen) atoms. The fourth-order valence-corrected chi connectivity index (χ4v) is 1.91. The summed E-state index contributed by atoms with van der Waals surface area (Å²) in [6, 6.07) is 7.63. The van der Waals surface area contributed by atoms with E-state index in [0.29, 0.717) is 0 Å². The van der Waals surface area contributed by atoms with Gasteiger partial charge in [-0.2, -0.15) is 0 Å². The number of carbonyl (C=O) groups is 1. The summed E-state index contributed by atoms with van der Waals surface area (Å²) in [5, 5.41) is 11.9. The number of carboxylic acid groups (broad SMARTS) is 1. The quantitative estimate of drug-likeness (QED) is 0.901. The number of nitrogens with one attached hydrogen (secondary N) is 1. The van der Waals surface area contributed by atoms with Gasteiger partial charge in [0.05, 0.1) is 0 Å². The molecule has 2 aromatic rings. The summed E-state index contributed by atoms with van der Waals surface area (Å²) in [5.74, 6) is -2.54. The first-order valence-corrected chi connectivity index (χ1v) is 6.05. The Balaban J connectivity index is 2.34. The highest BCUT2D eigenvalue weighted by Crippen LogP contribution is 2.25. The molecule has 0 fully saturated rings. The van der Waals surface area contributed by atoms with Gasteiger partial charge in [-0.05, 0) is 30.3 Å². The third-order valence-electron chi connectivity index (χ3n) is 2.66. The summed E-state index contributed by atoms with van der Waals surface area (Å²) in [4.78, 5) is 11.3. The lowest BCUT2D eigenvalue weighted by atomic mass is 10.1. The molecule has 1 unspecified atom stereocenters. The number of hydrogen-bond donors (Lipinski definition) is 2. The highest BCUT2D eigenvalue weighted by atomic mass is 35.5. The first-order valence-electron chi connectivity index (χ1n) is 5.67. The first-order chi connectivity index (χ1) is 9.47. The summed E-state index contributed by atoms with van der Waals surface area (Å²) in [5.41, 5.74) is 0.165. The van der Waals surface area contributed by atoms with Gasteiger partial charge in [0.1, 0.15) is 11.6 Å². The van der Waals surface area contributed by atoms with E-state index in [1.54, 1.807) is 0 Å². The monoisotopic (exact) mass is 297 g/mol. The normalized spacial score (nSPS) is 11.9. The van der Waals surface area contributed by atoms with E-state index in [0.717, 1.165) is 12.1 Å². The van der Waals surface area contributed by atoms with Gasteiger partial charge in [0.25, 0.3) is 0 Å². The summed E-state index contributed by atoms with van der Waals surface area (Å²) in [6.07, 6.45) is 0. The van der Waals surface area contributed by atoms with Crippen LogP contribution in [0.5, 0.6) is 0 Å². The van der Waals surface area contributed by atoms with Crippen molar-refractivity contribution in [3.8, 4) is 0 Å². The molecule has 0 heterocycles. The van der Waals surface area contributed by atoms with Gasteiger partial charge in [0, 0.05) is 16.3 Å². The van der Waals surface area contributed by atoms with Crippen molar-refractivity contribution in [2.75, 3.05) is 5.32 Å². The zero-order chi connectivity index (χ0) is 14.7. The number of anilines is 1. The second-order valence-corrected chi connectivity index (χ2v) is 4.53. The van der Waals surface area contributed by atoms with E-state index in [2.05, 4.69) is 5.32 Å². The molecule has 0 bridgehead atoms. The van der Waals surface area contributed by atoms with Gasteiger partial charge in [-0.25, -0.2) is 13.6 Å². The van der Waals surface area contributed by atoms with Crippen molar-refractivity contribution in [2.24, 2.45) is 0 Å². The molecule has 1 atom stereocenters. The van der Waals surface area contributed by atoms with Crippen LogP contribution in [-0.2, 0) is 4.79 Å². The molecular weight excluding hydrogens is 288 g/mol. The van der Waals surface area contributed by atoms with Crippen molar-refractivity contribution in [3.05, 3.63) is 64.7 Å². The maximum Gasteiger partial charge on any atom is 0.330 e. The summed E-state index contributed by atoms with van der Waals surface area (Å²) >= 11 is 5.62. The molecule has 2 rings (SSSR count). The lowest BCUT2D eigenvalue weighted by Gasteiger charge is -2.17. The van der Waals surface area contributed by atoms with Gasteiger partial charge in [0.2, 0.25) is 0 Å². The maximum absolute atomic E-state index is 13.8. The molecule has 0 aliphatic heterocycles. The smallest absolute Gasteiger partial charge is 0.330 e. The number of aliphatic carboxylic acids is 1. The Morgan fingerprint density at radius 3 is 2.55 bits per heavy atom. The molecule has 2 N–H and O–H groups in total. The third kappa shape index (κ3) is 3.24. The lowest BCUT2D eigenvalue weighted by Crippen LogP contribution is -2.21. The van der Waals surface area contributed by atoms with Gasteiger partial charge in [0.15, 0.2) is 6.04 Å². The van der Waals surface area contributed by atoms with Crippen molar-refractivity contribution in [1.82, 2.24) is 0 Å². The number of carboxylic acids is 1. The molecule has 6 heteroatoms. The molecule has 0 spiro atoms. The largest absolute Gasteiger partial charge is 0.479 e. The topological polar surface area (TPSA) is 49.3 Å². The SMILES string of the molecule is O=C(O)C(Nc1cccc(F)c1)c1ccc(Cl)cc1F. The van der Waals surface area contributed by atoms with Crippen molar-refractivity contribution < 1.29 is 18.7 Å². The molecule has 3 nitrogen and oxygen atoms in total. The van der Waals surface area contributed by atoms with Crippen LogP contribution in [-0.4, -0.2) is 11.1 Å². The van der Waals surface area contributed by atoms with Crippen LogP contribution >= 0.6 is 11.6 Å². The average molecular weight is 298 g/mol. The van der Waals surface area contributed by atoms with Crippen molar-refractivity contribution in [3.63, 3.8) is 0 Å². The molecule has 0 aromatic heterocycles. The molecule has 0 amide bonds. The highest BCUT2D eigenvalue weighted by Gasteiger charge is 2.23. The maximum atomic E-state index is 13.8. The Bertz CT molecular complexity index is 649. The second-order valence-electron chi connectivity index (χ2n) is 4.09. The van der Waals surface area contributed by atoms with Crippen LogP contribution in [0.2, 0.25) is 5.02 Å². The van der Waals surface area contributed by atoms with E-state index in [1.807, 2.05) is 0 Å². The van der Waals surface area contributed by atoms with Gasteiger partial charge >= 0.3 is 5.97 Å². The van der Waals surface area contributed by atoms with E-state index < -0.39 is 23.6 Å². The highest BCUT2D eigenvalue weighted by molar-refractivity contribution is 6.30. The Labute approximate surface area is 118 Å². The van der Waals surface area contributed by atoms with Crippen LogP contribution in [0, 0.1) is 11.6 Å². The van der Waals surface area contributed by atoms with Crippen LogP contribution in [0.1, 0.15) is 11.6 Å². The van der Waals surface area contributed by atoms with Gasteiger partial charge < -0.3 is 10.4 Å². The Morgan fingerprint density at radius 1 is 1.20 bits per heavy atom. The number of benzene rings is 2. The average Bonchev–Trinajstić information content (AvgIpc) is 2.36. The van der Waals surface area contributed by atoms with Crippen LogP contribution in [0.3, 0.4) is 0 Å². The molecule has 104 valence electrons. The van der Waals surface area contributed by atoms with Crippen LogP contribution in [0.15, 0.2) is 42.5 Å². The molecule has 0 saturated carbocycles. The minimum atomic E-state index is -1.34. The van der Waals surface area contributed by atoms with E-state index in [9.17, 15) is 18.7 Å². The Kier molecular flexibility index (Phi) is 4.20. The van der Waals surface area contributed by atoms with E-state index >= 15 is 0 Å².